The van der Waals surface area contributed by atoms with E-state index in [1.165, 1.54) is 16.3 Å². The van der Waals surface area contributed by atoms with Crippen molar-refractivity contribution in [3.05, 3.63) is 47.5 Å². The van der Waals surface area contributed by atoms with Crippen LogP contribution < -0.4 is 0 Å². The zero-order valence-corrected chi connectivity index (χ0v) is 9.79. The van der Waals surface area contributed by atoms with Crippen LogP contribution in [-0.4, -0.2) is 0 Å². The first-order valence-corrected chi connectivity index (χ1v) is 5.91. The van der Waals surface area contributed by atoms with Gasteiger partial charge in [-0.3, -0.25) is 0 Å². The summed E-state index contributed by atoms with van der Waals surface area (Å²) in [6, 6.07) is 14.6. The van der Waals surface area contributed by atoms with Crippen molar-refractivity contribution in [1.82, 2.24) is 0 Å². The Balaban J connectivity index is 2.67. The van der Waals surface area contributed by atoms with Crippen molar-refractivity contribution < 1.29 is 0 Å². The van der Waals surface area contributed by atoms with Gasteiger partial charge in [-0.05, 0) is 21.9 Å². The monoisotopic (exact) mass is 259 g/mol. The van der Waals surface area contributed by atoms with Crippen molar-refractivity contribution in [1.29, 1.82) is 5.26 Å². The molecule has 0 aliphatic carbocycles. The van der Waals surface area contributed by atoms with Gasteiger partial charge in [-0.2, -0.15) is 5.26 Å². The standard InChI is InChI=1S/C13H10BrN/c14-9-12-8-10(5-6-15)7-11-3-1-2-4-13(11)12/h1-4,7-8H,5,9H2. The van der Waals surface area contributed by atoms with E-state index in [9.17, 15) is 0 Å². The lowest BCUT2D eigenvalue weighted by Gasteiger charge is -2.06. The summed E-state index contributed by atoms with van der Waals surface area (Å²) in [6.07, 6.45) is 0.477. The van der Waals surface area contributed by atoms with Gasteiger partial charge in [0, 0.05) is 5.33 Å². The number of benzene rings is 2. The highest BCUT2D eigenvalue weighted by Crippen LogP contribution is 2.23. The number of halogens is 1. The second-order valence-corrected chi connectivity index (χ2v) is 4.01. The fraction of sp³-hybridized carbons (Fsp3) is 0.154. The maximum Gasteiger partial charge on any atom is 0.0669 e. The third-order valence-corrected chi connectivity index (χ3v) is 3.04. The molecule has 0 fully saturated rings. The number of nitriles is 1. The smallest absolute Gasteiger partial charge is 0.0669 e. The van der Waals surface area contributed by atoms with Crippen molar-refractivity contribution in [2.75, 3.05) is 0 Å². The molecular formula is C13H10BrN. The van der Waals surface area contributed by atoms with Gasteiger partial charge in [0.15, 0.2) is 0 Å². The third kappa shape index (κ3) is 2.03. The van der Waals surface area contributed by atoms with Crippen molar-refractivity contribution in [3.63, 3.8) is 0 Å². The molecular weight excluding hydrogens is 250 g/mol. The molecule has 0 unspecified atom stereocenters. The van der Waals surface area contributed by atoms with Crippen LogP contribution in [-0.2, 0) is 11.8 Å². The predicted octanol–water partition coefficient (Wildman–Crippen LogP) is 3.80. The molecule has 0 aliphatic heterocycles. The number of hydrogen-bond donors (Lipinski definition) is 0. The van der Waals surface area contributed by atoms with Gasteiger partial charge >= 0.3 is 0 Å². The van der Waals surface area contributed by atoms with Crippen LogP contribution in [0.15, 0.2) is 36.4 Å². The maximum atomic E-state index is 8.69. The zero-order chi connectivity index (χ0) is 10.7. The Morgan fingerprint density at radius 3 is 2.73 bits per heavy atom. The fourth-order valence-corrected chi connectivity index (χ4v) is 2.23. The van der Waals surface area contributed by atoms with Gasteiger partial charge < -0.3 is 0 Å². The average molecular weight is 260 g/mol. The first kappa shape index (κ1) is 10.2. The molecule has 0 saturated carbocycles. The lowest BCUT2D eigenvalue weighted by molar-refractivity contribution is 1.26. The molecule has 2 aromatic carbocycles. The van der Waals surface area contributed by atoms with Crippen LogP contribution in [0.25, 0.3) is 10.8 Å². The molecule has 0 aromatic heterocycles. The molecule has 0 bridgehead atoms. The van der Waals surface area contributed by atoms with Gasteiger partial charge in [-0.1, -0.05) is 52.3 Å². The van der Waals surface area contributed by atoms with Gasteiger partial charge in [0.25, 0.3) is 0 Å². The predicted molar refractivity (Wildman–Crippen MR) is 65.9 cm³/mol. The average Bonchev–Trinajstić information content (AvgIpc) is 2.28. The van der Waals surface area contributed by atoms with Gasteiger partial charge in [0.1, 0.15) is 0 Å². The van der Waals surface area contributed by atoms with Crippen LogP contribution in [0.2, 0.25) is 0 Å². The summed E-state index contributed by atoms with van der Waals surface area (Å²) in [4.78, 5) is 0. The molecule has 0 amide bonds. The highest BCUT2D eigenvalue weighted by atomic mass is 79.9. The second kappa shape index (κ2) is 4.46. The maximum absolute atomic E-state index is 8.69. The lowest BCUT2D eigenvalue weighted by Crippen LogP contribution is -1.88. The van der Waals surface area contributed by atoms with E-state index in [4.69, 9.17) is 5.26 Å². The molecule has 0 radical (unpaired) electrons. The highest BCUT2D eigenvalue weighted by molar-refractivity contribution is 9.08. The Morgan fingerprint density at radius 1 is 1.20 bits per heavy atom. The molecule has 0 aliphatic rings. The van der Waals surface area contributed by atoms with Gasteiger partial charge in [-0.15, -0.1) is 0 Å². The van der Waals surface area contributed by atoms with Gasteiger partial charge in [0.2, 0.25) is 0 Å². The van der Waals surface area contributed by atoms with Gasteiger partial charge in [0.05, 0.1) is 12.5 Å². The molecule has 2 heteroatoms. The molecule has 0 saturated heterocycles. The summed E-state index contributed by atoms with van der Waals surface area (Å²) in [5.41, 5.74) is 2.34. The van der Waals surface area contributed by atoms with Crippen LogP contribution in [0.1, 0.15) is 11.1 Å². The Kier molecular flexibility index (Phi) is 3.03. The Bertz CT molecular complexity index is 526. The van der Waals surface area contributed by atoms with E-state index >= 15 is 0 Å². The van der Waals surface area contributed by atoms with E-state index < -0.39 is 0 Å². The number of hydrogen-bond acceptors (Lipinski definition) is 1. The number of nitrogens with zero attached hydrogens (tertiary/aromatic N) is 1. The first-order chi connectivity index (χ1) is 7.35. The molecule has 2 aromatic rings. The number of alkyl halides is 1. The summed E-state index contributed by atoms with van der Waals surface area (Å²) < 4.78 is 0. The molecule has 2 rings (SSSR count). The van der Waals surface area contributed by atoms with Crippen molar-refractivity contribution in [2.24, 2.45) is 0 Å². The normalized spacial score (nSPS) is 10.1. The molecule has 74 valence electrons. The van der Waals surface area contributed by atoms with Crippen molar-refractivity contribution >= 4 is 26.7 Å². The van der Waals surface area contributed by atoms with E-state index in [1.54, 1.807) is 0 Å². The van der Waals surface area contributed by atoms with Crippen LogP contribution in [0.3, 0.4) is 0 Å². The molecule has 0 atom stereocenters. The third-order valence-electron chi connectivity index (χ3n) is 2.43. The summed E-state index contributed by atoms with van der Waals surface area (Å²) in [7, 11) is 0. The van der Waals surface area contributed by atoms with Crippen LogP contribution in [0.5, 0.6) is 0 Å². The number of fused-ring (bicyclic) bond motifs is 1. The Hall–Kier alpha value is -1.33. The van der Waals surface area contributed by atoms with E-state index in [2.05, 4.69) is 46.3 Å². The fourth-order valence-electron chi connectivity index (χ4n) is 1.76. The van der Waals surface area contributed by atoms with E-state index in [-0.39, 0.29) is 0 Å². The summed E-state index contributed by atoms with van der Waals surface area (Å²) in [6.45, 7) is 0. The summed E-state index contributed by atoms with van der Waals surface area (Å²) in [5.74, 6) is 0. The molecule has 0 heterocycles. The summed E-state index contributed by atoms with van der Waals surface area (Å²) >= 11 is 3.48. The van der Waals surface area contributed by atoms with Crippen LogP contribution >= 0.6 is 15.9 Å². The van der Waals surface area contributed by atoms with E-state index in [1.807, 2.05) is 12.1 Å². The Labute approximate surface area is 97.5 Å². The first-order valence-electron chi connectivity index (χ1n) is 4.78. The minimum absolute atomic E-state index is 0.477. The zero-order valence-electron chi connectivity index (χ0n) is 8.20. The van der Waals surface area contributed by atoms with Crippen molar-refractivity contribution in [3.8, 4) is 6.07 Å². The number of rotatable bonds is 2. The minimum Gasteiger partial charge on any atom is -0.198 e. The molecule has 1 nitrogen and oxygen atoms in total. The van der Waals surface area contributed by atoms with E-state index in [0.29, 0.717) is 6.42 Å². The molecule has 0 N–H and O–H groups in total. The highest BCUT2D eigenvalue weighted by Gasteiger charge is 2.02. The molecule has 15 heavy (non-hydrogen) atoms. The topological polar surface area (TPSA) is 23.8 Å². The SMILES string of the molecule is N#CCc1cc(CBr)c2ccccc2c1. The Morgan fingerprint density at radius 2 is 2.00 bits per heavy atom. The van der Waals surface area contributed by atoms with Crippen molar-refractivity contribution in [2.45, 2.75) is 11.8 Å². The van der Waals surface area contributed by atoms with Crippen LogP contribution in [0.4, 0.5) is 0 Å². The quantitative estimate of drug-likeness (QED) is 0.753. The van der Waals surface area contributed by atoms with E-state index in [0.717, 1.165) is 10.9 Å². The van der Waals surface area contributed by atoms with Gasteiger partial charge in [-0.25, -0.2) is 0 Å². The minimum atomic E-state index is 0.477. The largest absolute Gasteiger partial charge is 0.198 e. The lowest BCUT2D eigenvalue weighted by atomic mass is 10.0. The van der Waals surface area contributed by atoms with Crippen LogP contribution in [0, 0.1) is 11.3 Å². The second-order valence-electron chi connectivity index (χ2n) is 3.44. The summed E-state index contributed by atoms with van der Waals surface area (Å²) in [5, 5.41) is 12.0. The molecule has 0 spiro atoms.